The van der Waals surface area contributed by atoms with Crippen LogP contribution in [-0.2, 0) is 5.41 Å². The highest BCUT2D eigenvalue weighted by Crippen LogP contribution is 2.38. The predicted molar refractivity (Wildman–Crippen MR) is 83.7 cm³/mol. The highest BCUT2D eigenvalue weighted by Gasteiger charge is 2.17. The molecular formula is C18H22O2. The summed E-state index contributed by atoms with van der Waals surface area (Å²) in [7, 11) is 3.40. The van der Waals surface area contributed by atoms with Gasteiger partial charge in [0.2, 0.25) is 0 Å². The molecule has 0 aliphatic carbocycles. The number of ether oxygens (including phenoxy) is 2. The van der Waals surface area contributed by atoms with Gasteiger partial charge in [0, 0.05) is 11.1 Å². The van der Waals surface area contributed by atoms with E-state index in [9.17, 15) is 0 Å². The molecule has 0 heterocycles. The van der Waals surface area contributed by atoms with Crippen molar-refractivity contribution in [3.05, 3.63) is 48.0 Å². The molecular weight excluding hydrogens is 248 g/mol. The highest BCUT2D eigenvalue weighted by molar-refractivity contribution is 5.76. The summed E-state index contributed by atoms with van der Waals surface area (Å²) >= 11 is 0. The highest BCUT2D eigenvalue weighted by atomic mass is 16.5. The first-order valence-electron chi connectivity index (χ1n) is 6.79. The lowest BCUT2D eigenvalue weighted by atomic mass is 9.86. The van der Waals surface area contributed by atoms with Crippen molar-refractivity contribution in [1.82, 2.24) is 0 Å². The lowest BCUT2D eigenvalue weighted by Gasteiger charge is -2.21. The molecule has 0 radical (unpaired) electrons. The number of methoxy groups -OCH3 is 2. The Bertz CT molecular complexity index is 595. The molecule has 2 rings (SSSR count). The molecule has 0 aliphatic rings. The van der Waals surface area contributed by atoms with Crippen LogP contribution in [0.4, 0.5) is 0 Å². The summed E-state index contributed by atoms with van der Waals surface area (Å²) in [6.07, 6.45) is 0. The Labute approximate surface area is 121 Å². The lowest BCUT2D eigenvalue weighted by molar-refractivity contribution is 0.409. The van der Waals surface area contributed by atoms with Crippen molar-refractivity contribution < 1.29 is 9.47 Å². The van der Waals surface area contributed by atoms with E-state index < -0.39 is 0 Å². The minimum Gasteiger partial charge on any atom is -0.496 e. The summed E-state index contributed by atoms with van der Waals surface area (Å²) < 4.78 is 11.0. The van der Waals surface area contributed by atoms with Crippen LogP contribution < -0.4 is 9.47 Å². The van der Waals surface area contributed by atoms with Gasteiger partial charge in [-0.05, 0) is 23.1 Å². The second kappa shape index (κ2) is 5.58. The van der Waals surface area contributed by atoms with Crippen LogP contribution in [0.2, 0.25) is 0 Å². The molecule has 0 amide bonds. The monoisotopic (exact) mass is 270 g/mol. The normalized spacial score (nSPS) is 11.2. The van der Waals surface area contributed by atoms with E-state index in [1.54, 1.807) is 14.2 Å². The van der Waals surface area contributed by atoms with Gasteiger partial charge in [0.1, 0.15) is 11.5 Å². The smallest absolute Gasteiger partial charge is 0.127 e. The molecule has 0 unspecified atom stereocenters. The summed E-state index contributed by atoms with van der Waals surface area (Å²) in [4.78, 5) is 0. The molecule has 0 N–H and O–H groups in total. The summed E-state index contributed by atoms with van der Waals surface area (Å²) in [5.74, 6) is 1.73. The number of rotatable bonds is 3. The van der Waals surface area contributed by atoms with E-state index in [-0.39, 0.29) is 5.41 Å². The molecule has 0 spiro atoms. The Morgan fingerprint density at radius 3 is 1.95 bits per heavy atom. The van der Waals surface area contributed by atoms with Crippen LogP contribution in [0.1, 0.15) is 26.3 Å². The first-order chi connectivity index (χ1) is 9.47. The summed E-state index contributed by atoms with van der Waals surface area (Å²) in [5, 5.41) is 0. The molecule has 0 bridgehead atoms. The van der Waals surface area contributed by atoms with Crippen LogP contribution >= 0.6 is 0 Å². The van der Waals surface area contributed by atoms with Crippen molar-refractivity contribution in [3.8, 4) is 22.6 Å². The van der Waals surface area contributed by atoms with Crippen molar-refractivity contribution >= 4 is 0 Å². The molecule has 0 saturated heterocycles. The van der Waals surface area contributed by atoms with Crippen LogP contribution in [0.5, 0.6) is 11.5 Å². The van der Waals surface area contributed by atoms with Gasteiger partial charge >= 0.3 is 0 Å². The molecule has 0 aromatic heterocycles. The predicted octanol–water partition coefficient (Wildman–Crippen LogP) is 4.67. The standard InChI is InChI=1S/C18H22O2/c1-18(2,3)13-10-11-15(17(12-13)20-5)14-8-6-7-9-16(14)19-4/h6-12H,1-5H3. The van der Waals surface area contributed by atoms with Gasteiger partial charge in [-0.25, -0.2) is 0 Å². The van der Waals surface area contributed by atoms with Crippen LogP contribution in [0.15, 0.2) is 42.5 Å². The topological polar surface area (TPSA) is 18.5 Å². The zero-order chi connectivity index (χ0) is 14.8. The van der Waals surface area contributed by atoms with Gasteiger partial charge in [0.25, 0.3) is 0 Å². The molecule has 0 saturated carbocycles. The van der Waals surface area contributed by atoms with Crippen molar-refractivity contribution in [3.63, 3.8) is 0 Å². The molecule has 2 nitrogen and oxygen atoms in total. The molecule has 2 aromatic carbocycles. The first-order valence-corrected chi connectivity index (χ1v) is 6.79. The van der Waals surface area contributed by atoms with Crippen molar-refractivity contribution in [2.45, 2.75) is 26.2 Å². The van der Waals surface area contributed by atoms with E-state index in [0.29, 0.717) is 0 Å². The SMILES string of the molecule is COc1ccccc1-c1ccc(C(C)(C)C)cc1OC. The average Bonchev–Trinajstić information content (AvgIpc) is 2.45. The van der Waals surface area contributed by atoms with Gasteiger partial charge < -0.3 is 9.47 Å². The Kier molecular flexibility index (Phi) is 4.03. The summed E-state index contributed by atoms with van der Waals surface area (Å²) in [5.41, 5.74) is 3.46. The largest absolute Gasteiger partial charge is 0.496 e. The van der Waals surface area contributed by atoms with E-state index in [0.717, 1.165) is 22.6 Å². The fourth-order valence-electron chi connectivity index (χ4n) is 2.25. The lowest BCUT2D eigenvalue weighted by Crippen LogP contribution is -2.11. The zero-order valence-corrected chi connectivity index (χ0v) is 12.9. The minimum absolute atomic E-state index is 0.104. The minimum atomic E-state index is 0.104. The van der Waals surface area contributed by atoms with E-state index >= 15 is 0 Å². The van der Waals surface area contributed by atoms with Gasteiger partial charge in [-0.15, -0.1) is 0 Å². The number of hydrogen-bond donors (Lipinski definition) is 0. The van der Waals surface area contributed by atoms with Gasteiger partial charge in [0.15, 0.2) is 0 Å². The second-order valence-electron chi connectivity index (χ2n) is 5.87. The fraction of sp³-hybridized carbons (Fsp3) is 0.333. The van der Waals surface area contributed by atoms with Gasteiger partial charge in [0.05, 0.1) is 14.2 Å². The van der Waals surface area contributed by atoms with Crippen LogP contribution in [0.25, 0.3) is 11.1 Å². The molecule has 0 atom stereocenters. The van der Waals surface area contributed by atoms with Crippen LogP contribution in [0.3, 0.4) is 0 Å². The van der Waals surface area contributed by atoms with Crippen molar-refractivity contribution in [2.75, 3.05) is 14.2 Å². The number of para-hydroxylation sites is 1. The third kappa shape index (κ3) is 2.79. The Morgan fingerprint density at radius 1 is 0.750 bits per heavy atom. The Hall–Kier alpha value is -1.96. The van der Waals surface area contributed by atoms with Gasteiger partial charge in [-0.1, -0.05) is 51.1 Å². The van der Waals surface area contributed by atoms with Gasteiger partial charge in [-0.3, -0.25) is 0 Å². The third-order valence-corrected chi connectivity index (χ3v) is 3.46. The summed E-state index contributed by atoms with van der Waals surface area (Å²) in [6, 6.07) is 14.4. The molecule has 2 heteroatoms. The zero-order valence-electron chi connectivity index (χ0n) is 12.9. The molecule has 20 heavy (non-hydrogen) atoms. The van der Waals surface area contributed by atoms with Crippen LogP contribution in [0, 0.1) is 0 Å². The third-order valence-electron chi connectivity index (χ3n) is 3.46. The molecule has 0 aliphatic heterocycles. The number of hydrogen-bond acceptors (Lipinski definition) is 2. The van der Waals surface area contributed by atoms with Crippen molar-refractivity contribution in [1.29, 1.82) is 0 Å². The fourth-order valence-corrected chi connectivity index (χ4v) is 2.25. The van der Waals surface area contributed by atoms with E-state index in [2.05, 4.69) is 39.0 Å². The van der Waals surface area contributed by atoms with E-state index in [1.807, 2.05) is 24.3 Å². The Balaban J connectivity index is 2.58. The maximum Gasteiger partial charge on any atom is 0.127 e. The second-order valence-corrected chi connectivity index (χ2v) is 5.87. The quantitative estimate of drug-likeness (QED) is 0.807. The van der Waals surface area contributed by atoms with E-state index in [4.69, 9.17) is 9.47 Å². The molecule has 0 fully saturated rings. The van der Waals surface area contributed by atoms with E-state index in [1.165, 1.54) is 5.56 Å². The van der Waals surface area contributed by atoms with Crippen LogP contribution in [-0.4, -0.2) is 14.2 Å². The van der Waals surface area contributed by atoms with Crippen molar-refractivity contribution in [2.24, 2.45) is 0 Å². The number of benzene rings is 2. The Morgan fingerprint density at radius 2 is 1.35 bits per heavy atom. The molecule has 106 valence electrons. The average molecular weight is 270 g/mol. The summed E-state index contributed by atoms with van der Waals surface area (Å²) in [6.45, 7) is 6.60. The maximum atomic E-state index is 5.58. The molecule has 2 aromatic rings. The maximum absolute atomic E-state index is 5.58. The first kappa shape index (κ1) is 14.4. The van der Waals surface area contributed by atoms with Gasteiger partial charge in [-0.2, -0.15) is 0 Å².